The van der Waals surface area contributed by atoms with Crippen LogP contribution in [0.5, 0.6) is 0 Å². The van der Waals surface area contributed by atoms with Gasteiger partial charge < -0.3 is 15.6 Å². The number of hydrogen-bond acceptors (Lipinski definition) is 6. The van der Waals surface area contributed by atoms with Crippen LogP contribution in [0, 0.1) is 0 Å². The van der Waals surface area contributed by atoms with E-state index in [1.54, 1.807) is 10.4 Å². The Labute approximate surface area is 172 Å². The summed E-state index contributed by atoms with van der Waals surface area (Å²) in [6.07, 6.45) is 5.91. The zero-order valence-corrected chi connectivity index (χ0v) is 18.0. The van der Waals surface area contributed by atoms with Crippen molar-refractivity contribution in [3.8, 4) is 0 Å². The molecule has 3 heterocycles. The molecule has 0 aromatic carbocycles. The number of carbonyl (C=O) groups excluding carboxylic acids is 1. The van der Waals surface area contributed by atoms with E-state index in [9.17, 15) is 13.2 Å². The topological polar surface area (TPSA) is 119 Å². The first-order valence-corrected chi connectivity index (χ1v) is 12.3. The van der Waals surface area contributed by atoms with Crippen molar-refractivity contribution in [2.24, 2.45) is 5.73 Å². The first-order valence-electron chi connectivity index (χ1n) is 10.8. The highest BCUT2D eigenvalue weighted by atomic mass is 32.2. The molecule has 29 heavy (non-hydrogen) atoms. The second-order valence-electron chi connectivity index (χ2n) is 9.21. The highest BCUT2D eigenvalue weighted by Crippen LogP contribution is 2.40. The van der Waals surface area contributed by atoms with Gasteiger partial charge in [0.1, 0.15) is 5.76 Å². The standard InChI is InChI=1S/C20H32N4O4S/c1-12(2)19-11-18(23-28-19)20(25)22-14-9-15-5-6-16(10-14)24(15)29(26,27)17-7-3-13(21)4-8-17/h11-17H,3-10,21H2,1-2H3,(H,22,25)/t13?,14?,15-,16+,17?. The zero-order valence-electron chi connectivity index (χ0n) is 17.2. The summed E-state index contributed by atoms with van der Waals surface area (Å²) in [5, 5.41) is 6.62. The second kappa shape index (κ2) is 8.00. The summed E-state index contributed by atoms with van der Waals surface area (Å²) in [6.45, 7) is 3.96. The Morgan fingerprint density at radius 2 is 1.79 bits per heavy atom. The minimum Gasteiger partial charge on any atom is -0.360 e. The van der Waals surface area contributed by atoms with E-state index in [-0.39, 0.29) is 46.9 Å². The van der Waals surface area contributed by atoms with E-state index < -0.39 is 10.0 Å². The van der Waals surface area contributed by atoms with Crippen LogP contribution in [-0.2, 0) is 10.0 Å². The first kappa shape index (κ1) is 20.8. The van der Waals surface area contributed by atoms with Crippen molar-refractivity contribution >= 4 is 15.9 Å². The number of amides is 1. The third kappa shape index (κ3) is 4.09. The van der Waals surface area contributed by atoms with Crippen LogP contribution in [0.3, 0.4) is 0 Å². The van der Waals surface area contributed by atoms with Gasteiger partial charge in [0, 0.05) is 36.2 Å². The van der Waals surface area contributed by atoms with Gasteiger partial charge in [-0.25, -0.2) is 8.42 Å². The van der Waals surface area contributed by atoms with E-state index >= 15 is 0 Å². The maximum Gasteiger partial charge on any atom is 0.273 e. The fourth-order valence-electron chi connectivity index (χ4n) is 5.15. The predicted octanol–water partition coefficient (Wildman–Crippen LogP) is 2.12. The molecule has 2 aliphatic heterocycles. The van der Waals surface area contributed by atoms with Crippen molar-refractivity contribution in [3.05, 3.63) is 17.5 Å². The van der Waals surface area contributed by atoms with Crippen LogP contribution < -0.4 is 11.1 Å². The molecule has 3 aliphatic rings. The number of piperidine rings is 1. The Morgan fingerprint density at radius 3 is 2.34 bits per heavy atom. The summed E-state index contributed by atoms with van der Waals surface area (Å²) in [4.78, 5) is 12.6. The monoisotopic (exact) mass is 424 g/mol. The lowest BCUT2D eigenvalue weighted by Gasteiger charge is -2.40. The van der Waals surface area contributed by atoms with Gasteiger partial charge in [-0.05, 0) is 51.4 Å². The molecule has 1 amide bonds. The Bertz CT molecular complexity index is 830. The van der Waals surface area contributed by atoms with Crippen LogP contribution in [0.1, 0.15) is 87.4 Å². The third-order valence-electron chi connectivity index (χ3n) is 6.77. The molecule has 1 aromatic rings. The molecular formula is C20H32N4O4S. The maximum atomic E-state index is 13.3. The van der Waals surface area contributed by atoms with E-state index in [4.69, 9.17) is 10.3 Å². The molecule has 8 nitrogen and oxygen atoms in total. The summed E-state index contributed by atoms with van der Waals surface area (Å²) >= 11 is 0. The van der Waals surface area contributed by atoms with Crippen LogP contribution in [0.15, 0.2) is 10.6 Å². The number of fused-ring (bicyclic) bond motifs is 2. The smallest absolute Gasteiger partial charge is 0.273 e. The van der Waals surface area contributed by atoms with Gasteiger partial charge in [-0.3, -0.25) is 4.79 Å². The van der Waals surface area contributed by atoms with Gasteiger partial charge in [0.05, 0.1) is 5.25 Å². The van der Waals surface area contributed by atoms with Gasteiger partial charge in [-0.1, -0.05) is 19.0 Å². The molecule has 2 saturated heterocycles. The lowest BCUT2D eigenvalue weighted by atomic mass is 9.96. The number of rotatable bonds is 5. The van der Waals surface area contributed by atoms with Gasteiger partial charge in [-0.15, -0.1) is 0 Å². The second-order valence-corrected chi connectivity index (χ2v) is 11.3. The molecule has 1 unspecified atom stereocenters. The van der Waals surface area contributed by atoms with Crippen LogP contribution >= 0.6 is 0 Å². The van der Waals surface area contributed by atoms with Crippen molar-refractivity contribution in [3.63, 3.8) is 0 Å². The molecule has 3 N–H and O–H groups in total. The molecule has 3 atom stereocenters. The maximum absolute atomic E-state index is 13.3. The van der Waals surface area contributed by atoms with E-state index in [0.29, 0.717) is 31.4 Å². The van der Waals surface area contributed by atoms with Gasteiger partial charge >= 0.3 is 0 Å². The number of carbonyl (C=O) groups is 1. The molecule has 4 rings (SSSR count). The number of hydrogen-bond donors (Lipinski definition) is 2. The third-order valence-corrected chi connectivity index (χ3v) is 9.26. The average Bonchev–Trinajstić information content (AvgIpc) is 3.26. The molecule has 1 saturated carbocycles. The van der Waals surface area contributed by atoms with Crippen LogP contribution in [-0.4, -0.2) is 53.2 Å². The lowest BCUT2D eigenvalue weighted by Crippen LogP contribution is -2.55. The highest BCUT2D eigenvalue weighted by Gasteiger charge is 2.49. The molecule has 1 aliphatic carbocycles. The van der Waals surface area contributed by atoms with E-state index in [2.05, 4.69) is 10.5 Å². The van der Waals surface area contributed by atoms with Crippen LogP contribution in [0.25, 0.3) is 0 Å². The SMILES string of the molecule is CC(C)c1cc(C(=O)NC2C[C@H]3CC[C@@H](C2)N3S(=O)(=O)C2CCC(N)CC2)no1. The minimum absolute atomic E-state index is 0.0248. The summed E-state index contributed by atoms with van der Waals surface area (Å²) < 4.78 is 33.6. The largest absolute Gasteiger partial charge is 0.360 e. The zero-order chi connectivity index (χ0) is 20.8. The molecule has 162 valence electrons. The fourth-order valence-corrected chi connectivity index (χ4v) is 7.58. The predicted molar refractivity (Wildman–Crippen MR) is 109 cm³/mol. The van der Waals surface area contributed by atoms with Crippen LogP contribution in [0.4, 0.5) is 0 Å². The van der Waals surface area contributed by atoms with E-state index in [0.717, 1.165) is 25.7 Å². The molecule has 0 radical (unpaired) electrons. The quantitative estimate of drug-likeness (QED) is 0.747. The van der Waals surface area contributed by atoms with Crippen molar-refractivity contribution in [2.45, 2.75) is 101 Å². The van der Waals surface area contributed by atoms with Crippen molar-refractivity contribution in [1.82, 2.24) is 14.8 Å². The fraction of sp³-hybridized carbons (Fsp3) is 0.800. The Hall–Kier alpha value is -1.45. The van der Waals surface area contributed by atoms with Gasteiger partial charge in [-0.2, -0.15) is 4.31 Å². The number of sulfonamides is 1. The number of aromatic nitrogens is 1. The Balaban J connectivity index is 1.40. The van der Waals surface area contributed by atoms with Gasteiger partial charge in [0.25, 0.3) is 5.91 Å². The van der Waals surface area contributed by atoms with E-state index in [1.807, 2.05) is 13.8 Å². The molecule has 2 bridgehead atoms. The lowest BCUT2D eigenvalue weighted by molar-refractivity contribution is 0.0899. The number of nitrogens with one attached hydrogen (secondary N) is 1. The van der Waals surface area contributed by atoms with Crippen molar-refractivity contribution < 1.29 is 17.7 Å². The molecule has 9 heteroatoms. The summed E-state index contributed by atoms with van der Waals surface area (Å²) in [5.41, 5.74) is 6.24. The Morgan fingerprint density at radius 1 is 1.17 bits per heavy atom. The summed E-state index contributed by atoms with van der Waals surface area (Å²) in [7, 11) is -3.32. The van der Waals surface area contributed by atoms with Gasteiger partial charge in [0.15, 0.2) is 5.69 Å². The minimum atomic E-state index is -3.32. The summed E-state index contributed by atoms with van der Waals surface area (Å²) in [5.74, 6) is 0.605. The summed E-state index contributed by atoms with van der Waals surface area (Å²) in [6, 6.07) is 1.73. The normalized spacial score (nSPS) is 33.2. The first-order chi connectivity index (χ1) is 13.8. The molecular weight excluding hydrogens is 392 g/mol. The van der Waals surface area contributed by atoms with Crippen LogP contribution in [0.2, 0.25) is 0 Å². The Kier molecular flexibility index (Phi) is 5.74. The number of nitrogens with zero attached hydrogens (tertiary/aromatic N) is 2. The number of nitrogens with two attached hydrogens (primary N) is 1. The highest BCUT2D eigenvalue weighted by molar-refractivity contribution is 7.89. The molecule has 1 aromatic heterocycles. The van der Waals surface area contributed by atoms with E-state index in [1.165, 1.54) is 0 Å². The molecule has 3 fully saturated rings. The average molecular weight is 425 g/mol. The van der Waals surface area contributed by atoms with Crippen molar-refractivity contribution in [1.29, 1.82) is 0 Å². The van der Waals surface area contributed by atoms with Gasteiger partial charge in [0.2, 0.25) is 10.0 Å². The van der Waals surface area contributed by atoms with Crippen molar-refractivity contribution in [2.75, 3.05) is 0 Å². The molecule has 0 spiro atoms.